The SMILES string of the molecule is OCCCc1cccc2cccc(-c3ncc4c(OCc5ccccc5)nc(OC(O)(O)C56CCC(O)(O)N5CC(F)C6)nc4c3F)c12. The molecule has 0 amide bonds. The lowest BCUT2D eigenvalue weighted by Gasteiger charge is -2.42. The summed E-state index contributed by atoms with van der Waals surface area (Å²) in [5.74, 6) is -6.75. The lowest BCUT2D eigenvalue weighted by atomic mass is 9.90. The van der Waals surface area contributed by atoms with E-state index in [0.29, 0.717) is 18.4 Å². The van der Waals surface area contributed by atoms with E-state index in [4.69, 9.17) is 9.47 Å². The van der Waals surface area contributed by atoms with Crippen LogP contribution in [-0.2, 0) is 13.0 Å². The van der Waals surface area contributed by atoms with Gasteiger partial charge in [-0.15, -0.1) is 0 Å². The summed E-state index contributed by atoms with van der Waals surface area (Å²) in [6, 6.07) is 19.5. The number of halogens is 2. The van der Waals surface area contributed by atoms with E-state index in [2.05, 4.69) is 15.0 Å². The molecule has 2 fully saturated rings. The molecule has 11 nitrogen and oxygen atoms in total. The van der Waals surface area contributed by atoms with Crippen LogP contribution in [-0.4, -0.2) is 82.1 Å². The normalized spacial score (nSPS) is 20.8. The molecular formula is C35H34F2N4O7. The molecular weight excluding hydrogens is 626 g/mol. The van der Waals surface area contributed by atoms with Crippen LogP contribution in [0, 0.1) is 5.82 Å². The van der Waals surface area contributed by atoms with Crippen molar-refractivity contribution in [1.29, 1.82) is 0 Å². The molecule has 5 N–H and O–H groups in total. The van der Waals surface area contributed by atoms with Crippen LogP contribution in [0.2, 0.25) is 0 Å². The maximum atomic E-state index is 16.7. The minimum Gasteiger partial charge on any atom is -0.472 e. The Kier molecular flexibility index (Phi) is 8.22. The van der Waals surface area contributed by atoms with Crippen molar-refractivity contribution in [2.75, 3.05) is 13.2 Å². The van der Waals surface area contributed by atoms with Crippen LogP contribution in [0.25, 0.3) is 32.9 Å². The van der Waals surface area contributed by atoms with Crippen molar-refractivity contribution in [3.05, 3.63) is 89.9 Å². The smallest absolute Gasteiger partial charge is 0.344 e. The van der Waals surface area contributed by atoms with Gasteiger partial charge in [0.25, 0.3) is 0 Å². The number of hydrogen-bond acceptors (Lipinski definition) is 11. The Morgan fingerprint density at radius 2 is 1.75 bits per heavy atom. The van der Waals surface area contributed by atoms with Gasteiger partial charge in [0.15, 0.2) is 5.82 Å². The quantitative estimate of drug-likeness (QED) is 0.139. The molecule has 0 bridgehead atoms. The fourth-order valence-electron chi connectivity index (χ4n) is 7.02. The summed E-state index contributed by atoms with van der Waals surface area (Å²) in [7, 11) is 0. The van der Waals surface area contributed by atoms with Gasteiger partial charge >= 0.3 is 12.0 Å². The lowest BCUT2D eigenvalue weighted by Crippen LogP contribution is -2.65. The van der Waals surface area contributed by atoms with Crippen LogP contribution in [0.15, 0.2) is 72.9 Å². The van der Waals surface area contributed by atoms with Crippen LogP contribution in [0.3, 0.4) is 0 Å². The molecule has 2 atom stereocenters. The summed E-state index contributed by atoms with van der Waals surface area (Å²) in [6.07, 6.45) is -0.193. The Labute approximate surface area is 273 Å². The van der Waals surface area contributed by atoms with Crippen molar-refractivity contribution in [2.45, 2.75) is 62.3 Å². The Morgan fingerprint density at radius 1 is 0.979 bits per heavy atom. The van der Waals surface area contributed by atoms with E-state index in [1.807, 2.05) is 54.6 Å². The highest BCUT2D eigenvalue weighted by Gasteiger charge is 2.69. The molecule has 0 radical (unpaired) electrons. The largest absolute Gasteiger partial charge is 0.472 e. The number of nitrogens with zero attached hydrogens (tertiary/aromatic N) is 4. The van der Waals surface area contributed by atoms with E-state index in [1.54, 1.807) is 12.1 Å². The summed E-state index contributed by atoms with van der Waals surface area (Å²) in [5.41, 5.74) is -0.143. The maximum Gasteiger partial charge on any atom is 0.344 e. The van der Waals surface area contributed by atoms with Gasteiger partial charge in [-0.1, -0.05) is 66.7 Å². The summed E-state index contributed by atoms with van der Waals surface area (Å²) >= 11 is 0. The molecule has 2 aromatic heterocycles. The number of ether oxygens (including phenoxy) is 2. The number of fused-ring (bicyclic) bond motifs is 3. The molecule has 7 rings (SSSR count). The zero-order valence-corrected chi connectivity index (χ0v) is 25.8. The van der Waals surface area contributed by atoms with Crippen molar-refractivity contribution in [2.24, 2.45) is 0 Å². The molecule has 0 spiro atoms. The number of benzene rings is 3. The highest BCUT2D eigenvalue weighted by atomic mass is 19.1. The minimum atomic E-state index is -3.23. The zero-order valence-electron chi connectivity index (χ0n) is 25.8. The Balaban J connectivity index is 1.35. The van der Waals surface area contributed by atoms with E-state index in [1.165, 1.54) is 6.20 Å². The van der Waals surface area contributed by atoms with Gasteiger partial charge in [-0.05, 0) is 41.2 Å². The monoisotopic (exact) mass is 660 g/mol. The van der Waals surface area contributed by atoms with Crippen LogP contribution < -0.4 is 9.47 Å². The molecule has 0 aliphatic carbocycles. The molecule has 5 aromatic rings. The summed E-state index contributed by atoms with van der Waals surface area (Å²) < 4.78 is 42.9. The summed E-state index contributed by atoms with van der Waals surface area (Å²) in [6.45, 7) is -0.472. The molecule has 0 saturated carbocycles. The zero-order chi connectivity index (χ0) is 33.7. The molecule has 2 aliphatic rings. The van der Waals surface area contributed by atoms with Gasteiger partial charge in [-0.3, -0.25) is 4.98 Å². The first-order chi connectivity index (χ1) is 23.0. The number of alkyl halides is 1. The third-order valence-electron chi connectivity index (χ3n) is 9.30. The fraction of sp³-hybridized carbons (Fsp3) is 0.343. The molecule has 13 heteroatoms. The van der Waals surface area contributed by atoms with Crippen molar-refractivity contribution in [1.82, 2.24) is 19.9 Å². The third kappa shape index (κ3) is 5.51. The number of rotatable bonds is 10. The standard InChI is InChI=1S/C35H34F2N4O7/c36-24-17-33(14-15-34(43,44)41(33)19-24)35(45,46)48-32-39-30-26(31(40-32)47-20-21-7-2-1-3-8-21)18-38-29(28(30)37)25-13-5-11-22-9-4-10-23(27(22)25)12-6-16-42/h1-5,7-11,13,18,24,42-46H,6,12,14-17,19-20H2. The van der Waals surface area contributed by atoms with Crippen molar-refractivity contribution >= 4 is 21.7 Å². The van der Waals surface area contributed by atoms with Crippen LogP contribution in [0.4, 0.5) is 8.78 Å². The number of hydrogen-bond donors (Lipinski definition) is 5. The number of aromatic nitrogens is 3. The van der Waals surface area contributed by atoms with Crippen molar-refractivity contribution in [3.63, 3.8) is 0 Å². The highest BCUT2D eigenvalue weighted by Crippen LogP contribution is 2.51. The highest BCUT2D eigenvalue weighted by molar-refractivity contribution is 6.00. The van der Waals surface area contributed by atoms with E-state index < -0.39 is 48.4 Å². The molecule has 3 aromatic carbocycles. The average Bonchev–Trinajstić information content (AvgIpc) is 3.56. The number of aryl methyl sites for hydroxylation is 1. The van der Waals surface area contributed by atoms with Gasteiger partial charge in [0.1, 0.15) is 29.5 Å². The fourth-order valence-corrected chi connectivity index (χ4v) is 7.02. The van der Waals surface area contributed by atoms with Crippen LogP contribution in [0.5, 0.6) is 11.9 Å². The van der Waals surface area contributed by atoms with Crippen LogP contribution in [0.1, 0.15) is 36.8 Å². The maximum absolute atomic E-state index is 16.7. The topological polar surface area (TPSA) is 162 Å². The first-order valence-electron chi connectivity index (χ1n) is 15.7. The molecule has 250 valence electrons. The van der Waals surface area contributed by atoms with Gasteiger partial charge < -0.3 is 35.0 Å². The van der Waals surface area contributed by atoms with E-state index >= 15 is 4.39 Å². The first-order valence-corrected chi connectivity index (χ1v) is 15.7. The number of aliphatic hydroxyl groups excluding tert-OH is 1. The summed E-state index contributed by atoms with van der Waals surface area (Å²) in [4.78, 5) is 13.8. The molecule has 2 saturated heterocycles. The van der Waals surface area contributed by atoms with Crippen molar-refractivity contribution in [3.8, 4) is 23.1 Å². The Morgan fingerprint density at radius 3 is 2.52 bits per heavy atom. The summed E-state index contributed by atoms with van der Waals surface area (Å²) in [5, 5.41) is 54.8. The molecule has 48 heavy (non-hydrogen) atoms. The molecule has 2 unspecified atom stereocenters. The van der Waals surface area contributed by atoms with Crippen molar-refractivity contribution < 1.29 is 43.8 Å². The van der Waals surface area contributed by atoms with E-state index in [-0.39, 0.29) is 48.5 Å². The molecule has 4 heterocycles. The average molecular weight is 661 g/mol. The second-order valence-electron chi connectivity index (χ2n) is 12.3. The minimum absolute atomic E-state index is 0.00752. The van der Waals surface area contributed by atoms with Gasteiger partial charge in [0.2, 0.25) is 11.8 Å². The van der Waals surface area contributed by atoms with E-state index in [0.717, 1.165) is 26.8 Å². The predicted octanol–water partition coefficient (Wildman–Crippen LogP) is 3.72. The molecule has 2 aliphatic heterocycles. The van der Waals surface area contributed by atoms with Gasteiger partial charge in [-0.2, -0.15) is 9.97 Å². The van der Waals surface area contributed by atoms with Gasteiger partial charge in [0.05, 0.1) is 5.39 Å². The van der Waals surface area contributed by atoms with Crippen LogP contribution >= 0.6 is 0 Å². The first kappa shape index (κ1) is 32.2. The lowest BCUT2D eigenvalue weighted by molar-refractivity contribution is -0.372. The van der Waals surface area contributed by atoms with Gasteiger partial charge in [-0.25, -0.2) is 13.7 Å². The Bertz CT molecular complexity index is 1980. The predicted molar refractivity (Wildman–Crippen MR) is 170 cm³/mol. The number of pyridine rings is 1. The second-order valence-corrected chi connectivity index (χ2v) is 12.3. The second kappa shape index (κ2) is 12.3. The third-order valence-corrected chi connectivity index (χ3v) is 9.30. The van der Waals surface area contributed by atoms with Gasteiger partial charge in [0, 0.05) is 37.8 Å². The van der Waals surface area contributed by atoms with E-state index in [9.17, 15) is 29.9 Å². The Hall–Kier alpha value is -4.37. The number of aliphatic hydroxyl groups is 5.